The number of nitrogens with zero attached hydrogens (tertiary/aromatic N) is 5. The average molecular weight is 325 g/mol. The van der Waals surface area contributed by atoms with Gasteiger partial charge in [0.15, 0.2) is 0 Å². The molecule has 0 N–H and O–H groups in total. The van der Waals surface area contributed by atoms with Crippen molar-refractivity contribution in [2.24, 2.45) is 0 Å². The molecule has 0 saturated carbocycles. The molecular formula is C17H16FN5O. The summed E-state index contributed by atoms with van der Waals surface area (Å²) in [5.41, 5.74) is 1.63. The molecule has 0 saturated heterocycles. The number of hydrogen-bond acceptors (Lipinski definition) is 4. The lowest BCUT2D eigenvalue weighted by Gasteiger charge is -2.26. The summed E-state index contributed by atoms with van der Waals surface area (Å²) in [6, 6.07) is 10.0. The second kappa shape index (κ2) is 6.01. The van der Waals surface area contributed by atoms with Crippen LogP contribution in [0.1, 0.15) is 11.4 Å². The third kappa shape index (κ3) is 2.74. The van der Waals surface area contributed by atoms with E-state index in [1.165, 1.54) is 16.8 Å². The molecule has 3 heterocycles. The number of rotatable bonds is 3. The average Bonchev–Trinajstić information content (AvgIpc) is 2.94. The van der Waals surface area contributed by atoms with Crippen LogP contribution in [0, 0.1) is 5.82 Å². The van der Waals surface area contributed by atoms with Crippen molar-refractivity contribution in [1.29, 1.82) is 0 Å². The van der Waals surface area contributed by atoms with E-state index in [1.807, 2.05) is 0 Å². The van der Waals surface area contributed by atoms with E-state index in [0.717, 1.165) is 17.9 Å². The van der Waals surface area contributed by atoms with Crippen LogP contribution in [-0.4, -0.2) is 30.8 Å². The van der Waals surface area contributed by atoms with Crippen LogP contribution in [0.4, 0.5) is 4.39 Å². The van der Waals surface area contributed by atoms with Gasteiger partial charge in [0.1, 0.15) is 11.6 Å². The van der Waals surface area contributed by atoms with Gasteiger partial charge >= 0.3 is 5.69 Å². The van der Waals surface area contributed by atoms with Crippen molar-refractivity contribution in [2.75, 3.05) is 6.54 Å². The minimum atomic E-state index is -0.234. The van der Waals surface area contributed by atoms with Crippen LogP contribution in [0.25, 0.3) is 5.69 Å². The van der Waals surface area contributed by atoms with Crippen LogP contribution in [-0.2, 0) is 19.6 Å². The first-order valence-electron chi connectivity index (χ1n) is 7.76. The van der Waals surface area contributed by atoms with E-state index in [4.69, 9.17) is 0 Å². The maximum atomic E-state index is 13.0. The Morgan fingerprint density at radius 2 is 1.79 bits per heavy atom. The molecule has 6 nitrogen and oxygen atoms in total. The van der Waals surface area contributed by atoms with Crippen molar-refractivity contribution in [1.82, 2.24) is 24.2 Å². The number of hydrogen-bond donors (Lipinski definition) is 0. The molecule has 1 aromatic carbocycles. The lowest BCUT2D eigenvalue weighted by Crippen LogP contribution is -2.37. The number of benzene rings is 1. The van der Waals surface area contributed by atoms with Crippen LogP contribution in [0.3, 0.4) is 0 Å². The summed E-state index contributed by atoms with van der Waals surface area (Å²) in [7, 11) is 0. The predicted molar refractivity (Wildman–Crippen MR) is 86.1 cm³/mol. The van der Waals surface area contributed by atoms with Gasteiger partial charge in [-0.15, -0.1) is 5.10 Å². The van der Waals surface area contributed by atoms with Crippen LogP contribution < -0.4 is 5.69 Å². The molecule has 0 spiro atoms. The Hall–Kier alpha value is -2.80. The summed E-state index contributed by atoms with van der Waals surface area (Å²) in [6.45, 7) is 2.65. The molecule has 0 atom stereocenters. The van der Waals surface area contributed by atoms with Gasteiger partial charge in [0, 0.05) is 32.0 Å². The highest BCUT2D eigenvalue weighted by molar-refractivity contribution is 5.27. The molecule has 0 fully saturated rings. The van der Waals surface area contributed by atoms with E-state index in [2.05, 4.69) is 15.0 Å². The van der Waals surface area contributed by atoms with E-state index in [1.54, 1.807) is 41.2 Å². The lowest BCUT2D eigenvalue weighted by molar-refractivity contribution is 0.207. The Bertz CT molecular complexity index is 901. The number of pyridine rings is 1. The molecule has 1 aliphatic rings. The summed E-state index contributed by atoms with van der Waals surface area (Å²) in [5.74, 6) is 0.507. The fourth-order valence-corrected chi connectivity index (χ4v) is 2.94. The second-order valence-corrected chi connectivity index (χ2v) is 5.80. The Kier molecular flexibility index (Phi) is 3.70. The standard InChI is InChI=1S/C17H16FN5O/c18-14-3-1-13(2-4-14)11-21-9-10-22-16(12-21)20-23(17(22)24)15-5-7-19-8-6-15/h1-8H,9-12H2. The first-order valence-corrected chi connectivity index (χ1v) is 7.76. The Morgan fingerprint density at radius 3 is 2.54 bits per heavy atom. The molecule has 7 heteroatoms. The molecule has 3 aromatic rings. The second-order valence-electron chi connectivity index (χ2n) is 5.80. The molecule has 4 rings (SSSR count). The highest BCUT2D eigenvalue weighted by Gasteiger charge is 2.22. The molecule has 0 amide bonds. The minimum absolute atomic E-state index is 0.127. The van der Waals surface area contributed by atoms with Gasteiger partial charge in [0.25, 0.3) is 0 Å². The predicted octanol–water partition coefficient (Wildman–Crippen LogP) is 1.58. The number of halogens is 1. The highest BCUT2D eigenvalue weighted by Crippen LogP contribution is 2.14. The fraction of sp³-hybridized carbons (Fsp3) is 0.235. The molecule has 0 unspecified atom stereocenters. The molecule has 0 bridgehead atoms. The molecule has 1 aliphatic heterocycles. The Balaban J connectivity index is 1.57. The topological polar surface area (TPSA) is 56.0 Å². The Labute approximate surface area is 137 Å². The van der Waals surface area contributed by atoms with Crippen molar-refractivity contribution in [3.05, 3.63) is 76.5 Å². The van der Waals surface area contributed by atoms with E-state index >= 15 is 0 Å². The van der Waals surface area contributed by atoms with Gasteiger partial charge in [0.2, 0.25) is 0 Å². The maximum Gasteiger partial charge on any atom is 0.350 e. The first-order chi connectivity index (χ1) is 11.7. The van der Waals surface area contributed by atoms with Crippen molar-refractivity contribution in [3.8, 4) is 5.69 Å². The fourth-order valence-electron chi connectivity index (χ4n) is 2.94. The van der Waals surface area contributed by atoms with Crippen LogP contribution in [0.15, 0.2) is 53.6 Å². The molecular weight excluding hydrogens is 309 g/mol. The van der Waals surface area contributed by atoms with Crippen molar-refractivity contribution in [2.45, 2.75) is 19.6 Å². The highest BCUT2D eigenvalue weighted by atomic mass is 19.1. The lowest BCUT2D eigenvalue weighted by atomic mass is 10.2. The van der Waals surface area contributed by atoms with Crippen LogP contribution in [0.5, 0.6) is 0 Å². The van der Waals surface area contributed by atoms with Crippen molar-refractivity contribution >= 4 is 0 Å². The number of fused-ring (bicyclic) bond motifs is 1. The SMILES string of the molecule is O=c1n(-c2ccncc2)nc2n1CCN(Cc1ccc(F)cc1)C2. The molecule has 24 heavy (non-hydrogen) atoms. The third-order valence-electron chi connectivity index (χ3n) is 4.17. The van der Waals surface area contributed by atoms with E-state index < -0.39 is 0 Å². The van der Waals surface area contributed by atoms with Crippen LogP contribution in [0.2, 0.25) is 0 Å². The zero-order chi connectivity index (χ0) is 16.5. The van der Waals surface area contributed by atoms with Gasteiger partial charge in [-0.05, 0) is 29.8 Å². The van der Waals surface area contributed by atoms with Gasteiger partial charge < -0.3 is 0 Å². The Morgan fingerprint density at radius 1 is 1.04 bits per heavy atom. The normalized spacial score (nSPS) is 14.5. The van der Waals surface area contributed by atoms with Gasteiger partial charge in [-0.1, -0.05) is 12.1 Å². The van der Waals surface area contributed by atoms with Gasteiger partial charge in [-0.3, -0.25) is 14.5 Å². The monoisotopic (exact) mass is 325 g/mol. The maximum absolute atomic E-state index is 13.0. The number of aromatic nitrogens is 4. The summed E-state index contributed by atoms with van der Waals surface area (Å²) >= 11 is 0. The quantitative estimate of drug-likeness (QED) is 0.734. The minimum Gasteiger partial charge on any atom is -0.290 e. The van der Waals surface area contributed by atoms with Gasteiger partial charge in [-0.25, -0.2) is 9.18 Å². The zero-order valence-electron chi connectivity index (χ0n) is 13.0. The molecule has 2 aromatic heterocycles. The summed E-state index contributed by atoms with van der Waals surface area (Å²) in [5, 5.41) is 4.46. The molecule has 0 aliphatic carbocycles. The van der Waals surface area contributed by atoms with Gasteiger partial charge in [0.05, 0.1) is 12.2 Å². The zero-order valence-corrected chi connectivity index (χ0v) is 13.0. The van der Waals surface area contributed by atoms with Crippen molar-refractivity contribution in [3.63, 3.8) is 0 Å². The molecule has 122 valence electrons. The van der Waals surface area contributed by atoms with Crippen molar-refractivity contribution < 1.29 is 4.39 Å². The van der Waals surface area contributed by atoms with E-state index in [-0.39, 0.29) is 11.5 Å². The summed E-state index contributed by atoms with van der Waals surface area (Å²) in [4.78, 5) is 18.7. The van der Waals surface area contributed by atoms with Gasteiger partial charge in [-0.2, -0.15) is 4.68 Å². The third-order valence-corrected chi connectivity index (χ3v) is 4.17. The largest absolute Gasteiger partial charge is 0.350 e. The van der Waals surface area contributed by atoms with Crippen LogP contribution >= 0.6 is 0 Å². The molecule has 0 radical (unpaired) electrons. The summed E-state index contributed by atoms with van der Waals surface area (Å²) < 4.78 is 16.1. The van der Waals surface area contributed by atoms with E-state index in [9.17, 15) is 9.18 Å². The smallest absolute Gasteiger partial charge is 0.290 e. The summed E-state index contributed by atoms with van der Waals surface area (Å²) in [6.07, 6.45) is 3.28. The van der Waals surface area contributed by atoms with E-state index in [0.29, 0.717) is 25.3 Å². The first kappa shape index (κ1) is 14.8.